The average molecular weight is 304 g/mol. The molecule has 0 fully saturated rings. The van der Waals surface area contributed by atoms with E-state index in [0.717, 1.165) is 0 Å². The van der Waals surface area contributed by atoms with Crippen molar-refractivity contribution in [3.8, 4) is 11.9 Å². The second kappa shape index (κ2) is 6.41. The standard InChI is InChI=1S/C16H12N6O/c17-10-12-11-19-22(14-8-4-5-9-18-14)15(12)21-16(23)20-13-6-2-1-3-7-13/h1-9,11H,(H2,20,21,23). The van der Waals surface area contributed by atoms with Crippen molar-refractivity contribution in [3.05, 3.63) is 66.5 Å². The fraction of sp³-hybridized carbons (Fsp3) is 0. The first-order valence-corrected chi connectivity index (χ1v) is 6.80. The molecule has 0 aliphatic rings. The van der Waals surface area contributed by atoms with Gasteiger partial charge in [-0.15, -0.1) is 0 Å². The Balaban J connectivity index is 1.86. The fourth-order valence-electron chi connectivity index (χ4n) is 1.99. The van der Waals surface area contributed by atoms with E-state index in [-0.39, 0.29) is 11.4 Å². The predicted octanol–water partition coefficient (Wildman–Crippen LogP) is 2.78. The van der Waals surface area contributed by atoms with Crippen LogP contribution in [-0.4, -0.2) is 20.8 Å². The molecular formula is C16H12N6O. The van der Waals surface area contributed by atoms with E-state index in [9.17, 15) is 10.1 Å². The van der Waals surface area contributed by atoms with Crippen LogP contribution in [0.25, 0.3) is 5.82 Å². The highest BCUT2D eigenvalue weighted by Gasteiger charge is 2.15. The predicted molar refractivity (Wildman–Crippen MR) is 85.2 cm³/mol. The van der Waals surface area contributed by atoms with Gasteiger partial charge in [-0.25, -0.2) is 9.78 Å². The van der Waals surface area contributed by atoms with Crippen molar-refractivity contribution in [2.75, 3.05) is 10.6 Å². The van der Waals surface area contributed by atoms with Gasteiger partial charge < -0.3 is 5.32 Å². The molecule has 0 saturated heterocycles. The van der Waals surface area contributed by atoms with E-state index in [1.165, 1.54) is 10.9 Å². The van der Waals surface area contributed by atoms with Crippen LogP contribution in [0, 0.1) is 11.3 Å². The Morgan fingerprint density at radius 3 is 2.57 bits per heavy atom. The van der Waals surface area contributed by atoms with E-state index in [2.05, 4.69) is 20.7 Å². The lowest BCUT2D eigenvalue weighted by molar-refractivity contribution is 0.262. The molecule has 2 N–H and O–H groups in total. The van der Waals surface area contributed by atoms with Crippen LogP contribution in [-0.2, 0) is 0 Å². The minimum atomic E-state index is -0.467. The maximum Gasteiger partial charge on any atom is 0.324 e. The third-order valence-electron chi connectivity index (χ3n) is 3.02. The van der Waals surface area contributed by atoms with E-state index in [1.54, 1.807) is 36.5 Å². The summed E-state index contributed by atoms with van der Waals surface area (Å²) in [6.45, 7) is 0. The topological polar surface area (TPSA) is 95.6 Å². The van der Waals surface area contributed by atoms with Crippen LogP contribution in [0.2, 0.25) is 0 Å². The molecule has 0 aliphatic carbocycles. The highest BCUT2D eigenvalue weighted by molar-refractivity contribution is 6.00. The highest BCUT2D eigenvalue weighted by Crippen LogP contribution is 2.18. The summed E-state index contributed by atoms with van der Waals surface area (Å²) < 4.78 is 1.41. The highest BCUT2D eigenvalue weighted by atomic mass is 16.2. The van der Waals surface area contributed by atoms with Crippen LogP contribution >= 0.6 is 0 Å². The molecular weight excluding hydrogens is 292 g/mol. The molecule has 1 aromatic carbocycles. The Morgan fingerprint density at radius 1 is 1.09 bits per heavy atom. The summed E-state index contributed by atoms with van der Waals surface area (Å²) in [5.74, 6) is 0.767. The normalized spacial score (nSPS) is 9.87. The second-order valence-electron chi connectivity index (χ2n) is 4.56. The lowest BCUT2D eigenvalue weighted by atomic mass is 10.3. The first-order valence-electron chi connectivity index (χ1n) is 6.80. The molecule has 7 nitrogen and oxygen atoms in total. The third kappa shape index (κ3) is 3.16. The van der Waals surface area contributed by atoms with Gasteiger partial charge in [0.05, 0.1) is 6.20 Å². The van der Waals surface area contributed by atoms with Gasteiger partial charge in [0.25, 0.3) is 0 Å². The number of nitrogens with zero attached hydrogens (tertiary/aromatic N) is 4. The third-order valence-corrected chi connectivity index (χ3v) is 3.02. The summed E-state index contributed by atoms with van der Waals surface area (Å²) in [6, 6.07) is 15.8. The Labute approximate surface area is 132 Å². The van der Waals surface area contributed by atoms with E-state index in [1.807, 2.05) is 24.3 Å². The minimum absolute atomic E-state index is 0.249. The minimum Gasteiger partial charge on any atom is -0.308 e. The number of para-hydroxylation sites is 1. The first kappa shape index (κ1) is 14.3. The molecule has 7 heteroatoms. The van der Waals surface area contributed by atoms with E-state index < -0.39 is 6.03 Å². The molecule has 0 spiro atoms. The lowest BCUT2D eigenvalue weighted by Gasteiger charge is -2.10. The summed E-state index contributed by atoms with van der Waals surface area (Å²) >= 11 is 0. The average Bonchev–Trinajstić information content (AvgIpc) is 2.99. The van der Waals surface area contributed by atoms with Crippen molar-refractivity contribution < 1.29 is 4.79 Å². The molecule has 0 aliphatic heterocycles. The quantitative estimate of drug-likeness (QED) is 0.777. The zero-order chi connectivity index (χ0) is 16.1. The Morgan fingerprint density at radius 2 is 1.87 bits per heavy atom. The lowest BCUT2D eigenvalue weighted by Crippen LogP contribution is -2.22. The van der Waals surface area contributed by atoms with Gasteiger partial charge in [0, 0.05) is 11.9 Å². The number of carbonyl (C=O) groups is 1. The van der Waals surface area contributed by atoms with Crippen molar-refractivity contribution in [2.24, 2.45) is 0 Å². The number of urea groups is 1. The van der Waals surface area contributed by atoms with Gasteiger partial charge in [0.15, 0.2) is 11.6 Å². The van der Waals surface area contributed by atoms with Crippen molar-refractivity contribution >= 4 is 17.5 Å². The van der Waals surface area contributed by atoms with Crippen molar-refractivity contribution in [1.82, 2.24) is 14.8 Å². The molecule has 2 heterocycles. The van der Waals surface area contributed by atoms with Crippen LogP contribution in [0.15, 0.2) is 60.9 Å². The number of nitriles is 1. The Hall–Kier alpha value is -3.66. The number of pyridine rings is 1. The number of anilines is 2. The number of carbonyl (C=O) groups excluding carboxylic acids is 1. The molecule has 0 atom stereocenters. The molecule has 3 rings (SSSR count). The molecule has 0 bridgehead atoms. The van der Waals surface area contributed by atoms with Crippen LogP contribution < -0.4 is 10.6 Å². The zero-order valence-corrected chi connectivity index (χ0v) is 12.0. The van der Waals surface area contributed by atoms with Gasteiger partial charge in [-0.05, 0) is 24.3 Å². The Bertz CT molecular complexity index is 851. The maximum absolute atomic E-state index is 12.1. The number of benzene rings is 1. The number of nitrogens with one attached hydrogen (secondary N) is 2. The van der Waals surface area contributed by atoms with Crippen molar-refractivity contribution in [2.45, 2.75) is 0 Å². The summed E-state index contributed by atoms with van der Waals surface area (Å²) in [5.41, 5.74) is 0.895. The monoisotopic (exact) mass is 304 g/mol. The first-order chi connectivity index (χ1) is 11.3. The van der Waals surface area contributed by atoms with Crippen LogP contribution in [0.1, 0.15) is 5.56 Å². The summed E-state index contributed by atoms with van der Waals surface area (Å²) in [4.78, 5) is 16.3. The van der Waals surface area contributed by atoms with Gasteiger partial charge >= 0.3 is 6.03 Å². The van der Waals surface area contributed by atoms with Gasteiger partial charge in [-0.1, -0.05) is 24.3 Å². The number of amides is 2. The molecule has 23 heavy (non-hydrogen) atoms. The number of aromatic nitrogens is 3. The molecule has 0 radical (unpaired) electrons. The largest absolute Gasteiger partial charge is 0.324 e. The molecule has 112 valence electrons. The summed E-state index contributed by atoms with van der Waals surface area (Å²) in [6.07, 6.45) is 2.99. The van der Waals surface area contributed by atoms with Gasteiger partial charge in [0.1, 0.15) is 11.6 Å². The number of rotatable bonds is 3. The van der Waals surface area contributed by atoms with E-state index in [0.29, 0.717) is 11.5 Å². The van der Waals surface area contributed by atoms with Crippen LogP contribution in [0.3, 0.4) is 0 Å². The van der Waals surface area contributed by atoms with Gasteiger partial charge in [-0.2, -0.15) is 15.0 Å². The Kier molecular flexibility index (Phi) is 3.98. The second-order valence-corrected chi connectivity index (χ2v) is 4.56. The molecule has 2 amide bonds. The number of hydrogen-bond acceptors (Lipinski definition) is 4. The molecule has 3 aromatic rings. The molecule has 0 saturated carbocycles. The summed E-state index contributed by atoms with van der Waals surface area (Å²) in [7, 11) is 0. The zero-order valence-electron chi connectivity index (χ0n) is 12.0. The smallest absolute Gasteiger partial charge is 0.308 e. The SMILES string of the molecule is N#Cc1cnn(-c2ccccn2)c1NC(=O)Nc1ccccc1. The van der Waals surface area contributed by atoms with Gasteiger partial charge in [-0.3, -0.25) is 5.32 Å². The van der Waals surface area contributed by atoms with Crippen LogP contribution in [0.4, 0.5) is 16.3 Å². The van der Waals surface area contributed by atoms with Crippen molar-refractivity contribution in [3.63, 3.8) is 0 Å². The van der Waals surface area contributed by atoms with Gasteiger partial charge in [0.2, 0.25) is 0 Å². The fourth-order valence-corrected chi connectivity index (χ4v) is 1.99. The van der Waals surface area contributed by atoms with E-state index in [4.69, 9.17) is 0 Å². The van der Waals surface area contributed by atoms with Crippen molar-refractivity contribution in [1.29, 1.82) is 5.26 Å². The van der Waals surface area contributed by atoms with E-state index >= 15 is 0 Å². The summed E-state index contributed by atoms with van der Waals surface area (Å²) in [5, 5.41) is 18.6. The number of hydrogen-bond donors (Lipinski definition) is 2. The van der Waals surface area contributed by atoms with Crippen LogP contribution in [0.5, 0.6) is 0 Å². The molecule has 2 aromatic heterocycles. The maximum atomic E-state index is 12.1. The molecule has 0 unspecified atom stereocenters.